The third kappa shape index (κ3) is 5.46. The number of rotatable bonds is 10. The second kappa shape index (κ2) is 10.8. The molecule has 0 bridgehead atoms. The van der Waals surface area contributed by atoms with E-state index in [0.717, 1.165) is 28.7 Å². The second-order valence-corrected chi connectivity index (χ2v) is 8.02. The number of amides is 2. The molecule has 0 spiro atoms. The minimum absolute atomic E-state index is 0.0634. The summed E-state index contributed by atoms with van der Waals surface area (Å²) >= 11 is 0. The first-order chi connectivity index (χ1) is 15.4. The lowest BCUT2D eigenvalue weighted by atomic mass is 9.98. The number of carbonyl (C=O) groups is 3. The maximum Gasteiger partial charge on any atom is 0.407 e. The molecular weight excluding hydrogens is 408 g/mol. The molecule has 0 saturated heterocycles. The molecule has 0 fully saturated rings. The zero-order valence-corrected chi connectivity index (χ0v) is 18.5. The van der Waals surface area contributed by atoms with Crippen LogP contribution in [0.25, 0.3) is 11.1 Å². The fourth-order valence-electron chi connectivity index (χ4n) is 4.22. The summed E-state index contributed by atoms with van der Waals surface area (Å²) in [5, 5.41) is 14.4. The second-order valence-electron chi connectivity index (χ2n) is 8.02. The monoisotopic (exact) mass is 438 g/mol. The molecule has 2 amide bonds. The zero-order valence-electron chi connectivity index (χ0n) is 18.5. The predicted molar refractivity (Wildman–Crippen MR) is 121 cm³/mol. The van der Waals surface area contributed by atoms with Gasteiger partial charge in [0.1, 0.15) is 12.6 Å². The van der Waals surface area contributed by atoms with E-state index in [1.807, 2.05) is 43.3 Å². The van der Waals surface area contributed by atoms with E-state index in [0.29, 0.717) is 12.8 Å². The van der Waals surface area contributed by atoms with Gasteiger partial charge in [0.05, 0.1) is 6.42 Å². The van der Waals surface area contributed by atoms with Gasteiger partial charge in [-0.15, -0.1) is 0 Å². The van der Waals surface area contributed by atoms with Crippen LogP contribution in [0.2, 0.25) is 0 Å². The van der Waals surface area contributed by atoms with Crippen LogP contribution < -0.4 is 10.6 Å². The van der Waals surface area contributed by atoms with Crippen molar-refractivity contribution in [1.82, 2.24) is 10.6 Å². The van der Waals surface area contributed by atoms with E-state index in [9.17, 15) is 14.4 Å². The summed E-state index contributed by atoms with van der Waals surface area (Å²) in [6.07, 6.45) is 0.844. The van der Waals surface area contributed by atoms with Crippen molar-refractivity contribution in [3.8, 4) is 11.1 Å². The minimum Gasteiger partial charge on any atom is -0.481 e. The molecule has 3 rings (SSSR count). The zero-order chi connectivity index (χ0) is 23.1. The topological polar surface area (TPSA) is 105 Å². The molecule has 0 aliphatic heterocycles. The van der Waals surface area contributed by atoms with Crippen LogP contribution in [0.5, 0.6) is 0 Å². The number of hydrogen-bond acceptors (Lipinski definition) is 4. The van der Waals surface area contributed by atoms with Gasteiger partial charge in [0, 0.05) is 12.0 Å². The molecule has 0 heterocycles. The molecule has 2 atom stereocenters. The largest absolute Gasteiger partial charge is 0.481 e. The van der Waals surface area contributed by atoms with Crippen LogP contribution in [-0.4, -0.2) is 41.8 Å². The molecule has 2 aromatic carbocycles. The smallest absolute Gasteiger partial charge is 0.407 e. The van der Waals surface area contributed by atoms with E-state index < -0.39 is 30.1 Å². The number of fused-ring (bicyclic) bond motifs is 3. The summed E-state index contributed by atoms with van der Waals surface area (Å²) < 4.78 is 5.52. The molecule has 3 N–H and O–H groups in total. The number of hydrogen-bond donors (Lipinski definition) is 3. The first-order valence-electron chi connectivity index (χ1n) is 11.1. The number of alkyl carbamates (subject to hydrolysis) is 1. The van der Waals surface area contributed by atoms with Gasteiger partial charge >= 0.3 is 12.1 Å². The normalized spacial score (nSPS) is 14.1. The molecule has 1 unspecified atom stereocenters. The molecule has 0 aromatic heterocycles. The Hall–Kier alpha value is -3.35. The molecule has 7 heteroatoms. The van der Waals surface area contributed by atoms with Gasteiger partial charge in [0.15, 0.2) is 0 Å². The third-order valence-electron chi connectivity index (χ3n) is 5.77. The summed E-state index contributed by atoms with van der Waals surface area (Å²) in [4.78, 5) is 36.1. The van der Waals surface area contributed by atoms with E-state index in [1.54, 1.807) is 6.92 Å². The van der Waals surface area contributed by atoms with Crippen molar-refractivity contribution in [2.24, 2.45) is 0 Å². The lowest BCUT2D eigenvalue weighted by Gasteiger charge is -2.22. The SMILES string of the molecule is CCC[C@@H](CC(=O)O)NC(=O)C(CC)NC(=O)OCC1c2ccccc2-c2ccccc21. The van der Waals surface area contributed by atoms with Crippen molar-refractivity contribution in [3.05, 3.63) is 59.7 Å². The number of carboxylic acid groups (broad SMARTS) is 1. The molecule has 1 aliphatic rings. The van der Waals surface area contributed by atoms with Gasteiger partial charge in [-0.2, -0.15) is 0 Å². The van der Waals surface area contributed by atoms with Crippen LogP contribution >= 0.6 is 0 Å². The van der Waals surface area contributed by atoms with Crippen molar-refractivity contribution in [2.75, 3.05) is 6.61 Å². The molecular formula is C25H30N2O5. The highest BCUT2D eigenvalue weighted by molar-refractivity contribution is 5.86. The standard InChI is InChI=1S/C25H30N2O5/c1-3-9-16(14-23(28)29)26-24(30)22(4-2)27-25(31)32-15-21-19-12-7-5-10-17(19)18-11-6-8-13-20(18)21/h5-8,10-13,16,21-22H,3-4,9,14-15H2,1-2H3,(H,26,30)(H,27,31)(H,28,29)/t16-,22?/m0/s1. The molecule has 32 heavy (non-hydrogen) atoms. The highest BCUT2D eigenvalue weighted by Gasteiger charge is 2.30. The highest BCUT2D eigenvalue weighted by atomic mass is 16.5. The van der Waals surface area contributed by atoms with Crippen LogP contribution in [0.15, 0.2) is 48.5 Å². The van der Waals surface area contributed by atoms with Gasteiger partial charge in [-0.3, -0.25) is 9.59 Å². The number of carboxylic acids is 1. The Morgan fingerprint density at radius 3 is 2.09 bits per heavy atom. The van der Waals surface area contributed by atoms with Crippen molar-refractivity contribution in [2.45, 2.75) is 57.5 Å². The lowest BCUT2D eigenvalue weighted by molar-refractivity contribution is -0.137. The van der Waals surface area contributed by atoms with Gasteiger partial charge < -0.3 is 20.5 Å². The Morgan fingerprint density at radius 2 is 1.56 bits per heavy atom. The van der Waals surface area contributed by atoms with Gasteiger partial charge in [0.25, 0.3) is 0 Å². The first kappa shape index (κ1) is 23.3. The van der Waals surface area contributed by atoms with E-state index in [-0.39, 0.29) is 18.9 Å². The number of aliphatic carboxylic acids is 1. The van der Waals surface area contributed by atoms with Crippen molar-refractivity contribution < 1.29 is 24.2 Å². The molecule has 1 aliphatic carbocycles. The predicted octanol–water partition coefficient (Wildman–Crippen LogP) is 4.06. The Bertz CT molecular complexity index is 929. The van der Waals surface area contributed by atoms with E-state index in [1.165, 1.54) is 0 Å². The van der Waals surface area contributed by atoms with Crippen molar-refractivity contribution in [3.63, 3.8) is 0 Å². The van der Waals surface area contributed by atoms with E-state index >= 15 is 0 Å². The number of carbonyl (C=O) groups excluding carboxylic acids is 2. The molecule has 170 valence electrons. The Kier molecular flexibility index (Phi) is 7.87. The highest BCUT2D eigenvalue weighted by Crippen LogP contribution is 2.44. The summed E-state index contributed by atoms with van der Waals surface area (Å²) in [5.41, 5.74) is 4.51. The summed E-state index contributed by atoms with van der Waals surface area (Å²) in [6.45, 7) is 3.86. The van der Waals surface area contributed by atoms with Crippen LogP contribution in [-0.2, 0) is 14.3 Å². The maximum absolute atomic E-state index is 12.6. The number of ether oxygens (including phenoxy) is 1. The fraction of sp³-hybridized carbons (Fsp3) is 0.400. The van der Waals surface area contributed by atoms with Crippen LogP contribution in [0, 0.1) is 0 Å². The van der Waals surface area contributed by atoms with Crippen molar-refractivity contribution in [1.29, 1.82) is 0 Å². The van der Waals surface area contributed by atoms with Crippen LogP contribution in [0.1, 0.15) is 56.6 Å². The number of nitrogens with one attached hydrogen (secondary N) is 2. The summed E-state index contributed by atoms with van der Waals surface area (Å²) in [5.74, 6) is -1.44. The minimum atomic E-state index is -0.971. The van der Waals surface area contributed by atoms with Crippen LogP contribution in [0.4, 0.5) is 4.79 Å². The summed E-state index contributed by atoms with van der Waals surface area (Å²) in [7, 11) is 0. The average Bonchev–Trinajstić information content (AvgIpc) is 3.09. The maximum atomic E-state index is 12.6. The van der Waals surface area contributed by atoms with Crippen molar-refractivity contribution >= 4 is 18.0 Å². The Morgan fingerprint density at radius 1 is 0.969 bits per heavy atom. The average molecular weight is 439 g/mol. The van der Waals surface area contributed by atoms with Gasteiger partial charge in [-0.1, -0.05) is 68.8 Å². The Balaban J connectivity index is 1.60. The lowest BCUT2D eigenvalue weighted by Crippen LogP contribution is -2.50. The van der Waals surface area contributed by atoms with E-state index in [2.05, 4.69) is 22.8 Å². The van der Waals surface area contributed by atoms with Gasteiger partial charge in [-0.25, -0.2) is 4.79 Å². The molecule has 0 saturated carbocycles. The Labute approximate surface area is 188 Å². The number of benzene rings is 2. The fourth-order valence-corrected chi connectivity index (χ4v) is 4.22. The molecule has 0 radical (unpaired) electrons. The van der Waals surface area contributed by atoms with Gasteiger partial charge in [-0.05, 0) is 35.1 Å². The molecule has 7 nitrogen and oxygen atoms in total. The van der Waals surface area contributed by atoms with Gasteiger partial charge in [0.2, 0.25) is 5.91 Å². The summed E-state index contributed by atoms with van der Waals surface area (Å²) in [6, 6.07) is 14.9. The third-order valence-corrected chi connectivity index (χ3v) is 5.77. The molecule has 2 aromatic rings. The first-order valence-corrected chi connectivity index (χ1v) is 11.1. The van der Waals surface area contributed by atoms with E-state index in [4.69, 9.17) is 9.84 Å². The quantitative estimate of drug-likeness (QED) is 0.519. The van der Waals surface area contributed by atoms with Crippen LogP contribution in [0.3, 0.4) is 0 Å².